The maximum absolute atomic E-state index is 13.7. The van der Waals surface area contributed by atoms with Crippen LogP contribution in [0.15, 0.2) is 27.1 Å². The third-order valence-corrected chi connectivity index (χ3v) is 4.36. The molecule has 0 saturated heterocycles. The van der Waals surface area contributed by atoms with Crippen LogP contribution in [0.2, 0.25) is 0 Å². The minimum atomic E-state index is -0.381. The smallest absolute Gasteiger partial charge is 0.166 e. The molecule has 0 amide bonds. The molecule has 0 atom stereocenters. The lowest BCUT2D eigenvalue weighted by Gasteiger charge is -2.09. The SMILES string of the molecule is CCc1nn(CC)c(COc2ccc(Br)cc2F)c1Br. The molecule has 2 rings (SSSR count). The molecule has 1 heterocycles. The second kappa shape index (κ2) is 6.72. The number of aromatic nitrogens is 2. The van der Waals surface area contributed by atoms with Crippen molar-refractivity contribution in [3.8, 4) is 5.75 Å². The molecule has 0 saturated carbocycles. The van der Waals surface area contributed by atoms with Gasteiger partial charge in [0.2, 0.25) is 0 Å². The molecular weight excluding hydrogens is 391 g/mol. The first-order valence-electron chi connectivity index (χ1n) is 6.38. The summed E-state index contributed by atoms with van der Waals surface area (Å²) in [6.45, 7) is 5.09. The van der Waals surface area contributed by atoms with Gasteiger partial charge in [0, 0.05) is 11.0 Å². The van der Waals surface area contributed by atoms with E-state index in [0.717, 1.165) is 28.8 Å². The Morgan fingerprint density at radius 2 is 2.05 bits per heavy atom. The van der Waals surface area contributed by atoms with Crippen LogP contribution in [0.3, 0.4) is 0 Å². The van der Waals surface area contributed by atoms with E-state index < -0.39 is 0 Å². The number of ether oxygens (including phenoxy) is 1. The van der Waals surface area contributed by atoms with Crippen LogP contribution < -0.4 is 4.74 Å². The van der Waals surface area contributed by atoms with E-state index in [1.165, 1.54) is 6.07 Å². The zero-order chi connectivity index (χ0) is 14.7. The van der Waals surface area contributed by atoms with Crippen LogP contribution in [0.5, 0.6) is 5.75 Å². The average molecular weight is 406 g/mol. The molecule has 3 nitrogen and oxygen atoms in total. The van der Waals surface area contributed by atoms with Gasteiger partial charge in [-0.25, -0.2) is 4.39 Å². The molecule has 6 heteroatoms. The normalized spacial score (nSPS) is 10.8. The number of hydrogen-bond acceptors (Lipinski definition) is 2. The third-order valence-electron chi connectivity index (χ3n) is 2.95. The largest absolute Gasteiger partial charge is 0.484 e. The van der Waals surface area contributed by atoms with Crippen molar-refractivity contribution >= 4 is 31.9 Å². The Morgan fingerprint density at radius 1 is 1.30 bits per heavy atom. The van der Waals surface area contributed by atoms with Crippen molar-refractivity contribution in [2.24, 2.45) is 0 Å². The number of nitrogens with zero attached hydrogens (tertiary/aromatic N) is 2. The molecule has 2 aromatic rings. The molecule has 20 heavy (non-hydrogen) atoms. The number of benzene rings is 1. The van der Waals surface area contributed by atoms with Crippen molar-refractivity contribution in [1.82, 2.24) is 9.78 Å². The lowest BCUT2D eigenvalue weighted by atomic mass is 10.3. The van der Waals surface area contributed by atoms with Gasteiger partial charge in [-0.05, 0) is 47.5 Å². The van der Waals surface area contributed by atoms with Gasteiger partial charge in [-0.3, -0.25) is 4.68 Å². The molecule has 0 aliphatic rings. The maximum atomic E-state index is 13.7. The molecule has 0 aliphatic heterocycles. The summed E-state index contributed by atoms with van der Waals surface area (Å²) >= 11 is 6.76. The van der Waals surface area contributed by atoms with Crippen LogP contribution in [0, 0.1) is 5.82 Å². The Bertz CT molecular complexity index is 613. The molecule has 0 bridgehead atoms. The fourth-order valence-electron chi connectivity index (χ4n) is 1.89. The van der Waals surface area contributed by atoms with Gasteiger partial charge < -0.3 is 4.74 Å². The lowest BCUT2D eigenvalue weighted by Crippen LogP contribution is -2.07. The van der Waals surface area contributed by atoms with Crippen molar-refractivity contribution in [1.29, 1.82) is 0 Å². The van der Waals surface area contributed by atoms with Crippen LogP contribution in [0.25, 0.3) is 0 Å². The Morgan fingerprint density at radius 3 is 2.65 bits per heavy atom. The van der Waals surface area contributed by atoms with Crippen LogP contribution in [-0.4, -0.2) is 9.78 Å². The van der Waals surface area contributed by atoms with Gasteiger partial charge >= 0.3 is 0 Å². The highest BCUT2D eigenvalue weighted by Crippen LogP contribution is 2.26. The molecular formula is C14H15Br2FN2O. The predicted octanol–water partition coefficient (Wildman–Crippen LogP) is 4.71. The standard InChI is InChI=1S/C14H15Br2FN2O/c1-3-11-14(16)12(19(4-2)18-11)8-20-13-6-5-9(15)7-10(13)17/h5-7H,3-4,8H2,1-2H3. The van der Waals surface area contributed by atoms with Crippen LogP contribution >= 0.6 is 31.9 Å². The highest BCUT2D eigenvalue weighted by molar-refractivity contribution is 9.10. The Labute approximate surface area is 134 Å². The zero-order valence-corrected chi connectivity index (χ0v) is 14.5. The Balaban J connectivity index is 2.20. The van der Waals surface area contributed by atoms with Crippen molar-refractivity contribution in [2.45, 2.75) is 33.4 Å². The topological polar surface area (TPSA) is 27.1 Å². The fraction of sp³-hybridized carbons (Fsp3) is 0.357. The molecule has 0 unspecified atom stereocenters. The molecule has 0 spiro atoms. The monoisotopic (exact) mass is 404 g/mol. The van der Waals surface area contributed by atoms with Crippen molar-refractivity contribution in [2.75, 3.05) is 0 Å². The number of hydrogen-bond donors (Lipinski definition) is 0. The molecule has 108 valence electrons. The van der Waals surface area contributed by atoms with Gasteiger partial charge in [0.25, 0.3) is 0 Å². The van der Waals surface area contributed by atoms with Gasteiger partial charge in [0.05, 0.1) is 15.9 Å². The summed E-state index contributed by atoms with van der Waals surface area (Å²) in [5.74, 6) is -0.143. The molecule has 1 aromatic heterocycles. The van der Waals surface area contributed by atoms with Gasteiger partial charge in [-0.1, -0.05) is 22.9 Å². The van der Waals surface area contributed by atoms with Crippen molar-refractivity contribution in [3.05, 3.63) is 44.3 Å². The summed E-state index contributed by atoms with van der Waals surface area (Å²) in [5.41, 5.74) is 1.91. The van der Waals surface area contributed by atoms with Gasteiger partial charge in [0.15, 0.2) is 11.6 Å². The van der Waals surface area contributed by atoms with Gasteiger partial charge in [0.1, 0.15) is 6.61 Å². The summed E-state index contributed by atoms with van der Waals surface area (Å²) in [7, 11) is 0. The number of halogens is 3. The van der Waals surface area contributed by atoms with Crippen molar-refractivity contribution in [3.63, 3.8) is 0 Å². The number of aryl methyl sites for hydroxylation is 2. The maximum Gasteiger partial charge on any atom is 0.166 e. The second-order valence-corrected chi connectivity index (χ2v) is 5.95. The molecule has 0 fully saturated rings. The van der Waals surface area contributed by atoms with E-state index in [2.05, 4.69) is 37.0 Å². The minimum absolute atomic E-state index is 0.238. The summed E-state index contributed by atoms with van der Waals surface area (Å²) in [4.78, 5) is 0. The van der Waals surface area contributed by atoms with E-state index in [9.17, 15) is 4.39 Å². The molecule has 0 radical (unpaired) electrons. The summed E-state index contributed by atoms with van der Waals surface area (Å²) < 4.78 is 22.8. The first kappa shape index (κ1) is 15.5. The Hall–Kier alpha value is -0.880. The van der Waals surface area contributed by atoms with E-state index in [4.69, 9.17) is 4.74 Å². The van der Waals surface area contributed by atoms with E-state index in [-0.39, 0.29) is 18.2 Å². The van der Waals surface area contributed by atoms with E-state index in [1.54, 1.807) is 12.1 Å². The zero-order valence-electron chi connectivity index (χ0n) is 11.3. The predicted molar refractivity (Wildman–Crippen MR) is 83.4 cm³/mol. The third kappa shape index (κ3) is 3.23. The summed E-state index contributed by atoms with van der Waals surface area (Å²) in [6, 6.07) is 4.75. The highest BCUT2D eigenvalue weighted by atomic mass is 79.9. The van der Waals surface area contributed by atoms with Crippen LogP contribution in [0.1, 0.15) is 25.2 Å². The Kier molecular flexibility index (Phi) is 5.21. The van der Waals surface area contributed by atoms with E-state index >= 15 is 0 Å². The second-order valence-electron chi connectivity index (χ2n) is 4.24. The minimum Gasteiger partial charge on any atom is -0.484 e. The first-order valence-corrected chi connectivity index (χ1v) is 7.97. The summed E-state index contributed by atoms with van der Waals surface area (Å²) in [6.07, 6.45) is 0.841. The van der Waals surface area contributed by atoms with Crippen molar-refractivity contribution < 1.29 is 9.13 Å². The summed E-state index contributed by atoms with van der Waals surface area (Å²) in [5, 5.41) is 4.48. The highest BCUT2D eigenvalue weighted by Gasteiger charge is 2.15. The number of rotatable bonds is 5. The van der Waals surface area contributed by atoms with Crippen LogP contribution in [-0.2, 0) is 19.6 Å². The average Bonchev–Trinajstić information content (AvgIpc) is 2.74. The lowest BCUT2D eigenvalue weighted by molar-refractivity contribution is 0.277. The van der Waals surface area contributed by atoms with Crippen LogP contribution in [0.4, 0.5) is 4.39 Å². The quantitative estimate of drug-likeness (QED) is 0.720. The molecule has 0 aliphatic carbocycles. The first-order chi connectivity index (χ1) is 9.56. The van der Waals surface area contributed by atoms with E-state index in [0.29, 0.717) is 4.47 Å². The molecule has 1 aromatic carbocycles. The molecule has 0 N–H and O–H groups in total. The van der Waals surface area contributed by atoms with E-state index in [1.807, 2.05) is 18.5 Å². The van der Waals surface area contributed by atoms with Gasteiger partial charge in [-0.15, -0.1) is 0 Å². The van der Waals surface area contributed by atoms with Gasteiger partial charge in [-0.2, -0.15) is 5.10 Å². The fourth-order valence-corrected chi connectivity index (χ4v) is 2.91.